The molecule has 1 aliphatic carbocycles. The molecular formula is C9H13N5S. The average Bonchev–Trinajstić information content (AvgIpc) is 2.95. The summed E-state index contributed by atoms with van der Waals surface area (Å²) in [4.78, 5) is 0. The third-order valence-corrected chi connectivity index (χ3v) is 2.98. The van der Waals surface area contributed by atoms with Gasteiger partial charge in [-0.25, -0.2) is 4.68 Å². The van der Waals surface area contributed by atoms with Crippen LogP contribution in [0, 0.1) is 12.3 Å². The molecule has 1 heterocycles. The molecular weight excluding hydrogens is 210 g/mol. The van der Waals surface area contributed by atoms with Crippen LogP contribution >= 0.6 is 11.8 Å². The molecule has 0 atom stereocenters. The second-order valence-corrected chi connectivity index (χ2v) is 4.35. The maximum Gasteiger partial charge on any atom is 0.210 e. The van der Waals surface area contributed by atoms with Gasteiger partial charge in [0.15, 0.2) is 0 Å². The Bertz CT molecular complexity index is 352. The van der Waals surface area contributed by atoms with E-state index in [0.717, 1.165) is 24.3 Å². The third-order valence-electron chi connectivity index (χ3n) is 2.12. The molecule has 0 radical (unpaired) electrons. The molecule has 1 aliphatic rings. The molecule has 15 heavy (non-hydrogen) atoms. The second kappa shape index (κ2) is 5.14. The van der Waals surface area contributed by atoms with E-state index in [-0.39, 0.29) is 0 Å². The third kappa shape index (κ3) is 3.22. The summed E-state index contributed by atoms with van der Waals surface area (Å²) in [5.74, 6) is 3.16. The van der Waals surface area contributed by atoms with Crippen LogP contribution in [-0.4, -0.2) is 38.5 Å². The van der Waals surface area contributed by atoms with Gasteiger partial charge in [-0.3, -0.25) is 0 Å². The van der Waals surface area contributed by atoms with Gasteiger partial charge in [-0.15, -0.1) is 11.5 Å². The van der Waals surface area contributed by atoms with Crippen molar-refractivity contribution in [1.29, 1.82) is 0 Å². The molecule has 80 valence electrons. The summed E-state index contributed by atoms with van der Waals surface area (Å²) in [5.41, 5.74) is 0. The number of hydrogen-bond donors (Lipinski definition) is 1. The van der Waals surface area contributed by atoms with Crippen LogP contribution in [0.3, 0.4) is 0 Å². The van der Waals surface area contributed by atoms with Crippen LogP contribution in [0.25, 0.3) is 0 Å². The molecule has 0 unspecified atom stereocenters. The molecule has 0 spiro atoms. The molecule has 0 bridgehead atoms. The monoisotopic (exact) mass is 223 g/mol. The molecule has 1 fully saturated rings. The molecule has 1 aromatic rings. The fourth-order valence-corrected chi connectivity index (χ4v) is 1.79. The number of nitrogens with one attached hydrogen (secondary N) is 1. The Kier molecular flexibility index (Phi) is 3.59. The van der Waals surface area contributed by atoms with Gasteiger partial charge in [-0.1, -0.05) is 17.7 Å². The topological polar surface area (TPSA) is 55.6 Å². The van der Waals surface area contributed by atoms with E-state index in [1.165, 1.54) is 24.6 Å². The normalized spacial score (nSPS) is 15.1. The lowest BCUT2D eigenvalue weighted by Gasteiger charge is -2.03. The van der Waals surface area contributed by atoms with Gasteiger partial charge in [0.05, 0.1) is 12.3 Å². The van der Waals surface area contributed by atoms with Crippen molar-refractivity contribution in [3.63, 3.8) is 0 Å². The van der Waals surface area contributed by atoms with Crippen molar-refractivity contribution in [3.05, 3.63) is 0 Å². The van der Waals surface area contributed by atoms with E-state index in [2.05, 4.69) is 26.8 Å². The van der Waals surface area contributed by atoms with Gasteiger partial charge in [0.1, 0.15) is 0 Å². The van der Waals surface area contributed by atoms with E-state index in [1.54, 1.807) is 4.68 Å². The Morgan fingerprint density at radius 3 is 3.20 bits per heavy atom. The predicted molar refractivity (Wildman–Crippen MR) is 58.4 cm³/mol. The van der Waals surface area contributed by atoms with Crippen molar-refractivity contribution in [1.82, 2.24) is 25.5 Å². The van der Waals surface area contributed by atoms with E-state index in [4.69, 9.17) is 6.42 Å². The smallest absolute Gasteiger partial charge is 0.210 e. The van der Waals surface area contributed by atoms with Gasteiger partial charge in [0.2, 0.25) is 5.16 Å². The highest BCUT2D eigenvalue weighted by Gasteiger charge is 2.19. The maximum atomic E-state index is 5.18. The molecule has 0 aromatic carbocycles. The van der Waals surface area contributed by atoms with Gasteiger partial charge >= 0.3 is 0 Å². The highest BCUT2D eigenvalue weighted by atomic mass is 32.2. The van der Waals surface area contributed by atoms with Crippen molar-refractivity contribution in [2.75, 3.05) is 12.3 Å². The number of nitrogens with zero attached hydrogens (tertiary/aromatic N) is 4. The zero-order valence-electron chi connectivity index (χ0n) is 8.39. The molecule has 0 saturated heterocycles. The van der Waals surface area contributed by atoms with Crippen LogP contribution in [0.2, 0.25) is 0 Å². The van der Waals surface area contributed by atoms with Crippen LogP contribution in [0.4, 0.5) is 0 Å². The van der Waals surface area contributed by atoms with Crippen molar-refractivity contribution in [2.24, 2.45) is 0 Å². The highest BCUT2D eigenvalue weighted by molar-refractivity contribution is 7.99. The number of tetrazole rings is 1. The minimum absolute atomic E-state index is 0.608. The number of rotatable bonds is 6. The van der Waals surface area contributed by atoms with Crippen LogP contribution < -0.4 is 5.32 Å². The number of aromatic nitrogens is 4. The molecule has 1 aromatic heterocycles. The molecule has 0 amide bonds. The van der Waals surface area contributed by atoms with Crippen molar-refractivity contribution in [2.45, 2.75) is 30.6 Å². The fraction of sp³-hybridized carbons (Fsp3) is 0.667. The van der Waals surface area contributed by atoms with Gasteiger partial charge in [0.25, 0.3) is 0 Å². The minimum Gasteiger partial charge on any atom is -0.312 e. The van der Waals surface area contributed by atoms with E-state index in [1.807, 2.05) is 0 Å². The van der Waals surface area contributed by atoms with Crippen molar-refractivity contribution >= 4 is 11.8 Å². The van der Waals surface area contributed by atoms with E-state index < -0.39 is 0 Å². The maximum absolute atomic E-state index is 5.18. The molecule has 0 aliphatic heterocycles. The first kappa shape index (κ1) is 10.5. The predicted octanol–water partition coefficient (Wildman–Crippen LogP) is 0.150. The molecule has 5 nitrogen and oxygen atoms in total. The Labute approximate surface area is 93.0 Å². The standard InChI is InChI=1S/C9H13N5S/c1-2-7-15-9-11-12-13-14(9)6-5-10-8-3-4-8/h1,8,10H,3-7H2. The van der Waals surface area contributed by atoms with Crippen molar-refractivity contribution < 1.29 is 0 Å². The van der Waals surface area contributed by atoms with E-state index in [0.29, 0.717) is 5.75 Å². The second-order valence-electron chi connectivity index (χ2n) is 3.41. The average molecular weight is 223 g/mol. The summed E-state index contributed by atoms with van der Waals surface area (Å²) in [6, 6.07) is 0.725. The fourth-order valence-electron chi connectivity index (χ4n) is 1.21. The van der Waals surface area contributed by atoms with Crippen LogP contribution in [0.15, 0.2) is 5.16 Å². The number of thioether (sulfide) groups is 1. The number of terminal acetylenes is 1. The quantitative estimate of drug-likeness (QED) is 0.549. The number of hydrogen-bond acceptors (Lipinski definition) is 5. The molecule has 1 saturated carbocycles. The van der Waals surface area contributed by atoms with Crippen molar-refractivity contribution in [3.8, 4) is 12.3 Å². The summed E-state index contributed by atoms with van der Waals surface area (Å²) in [6.07, 6.45) is 7.78. The molecule has 1 N–H and O–H groups in total. The van der Waals surface area contributed by atoms with Crippen LogP contribution in [-0.2, 0) is 6.54 Å². The lowest BCUT2D eigenvalue weighted by atomic mass is 10.6. The zero-order chi connectivity index (χ0) is 10.5. The molecule has 6 heteroatoms. The lowest BCUT2D eigenvalue weighted by Crippen LogP contribution is -2.22. The summed E-state index contributed by atoms with van der Waals surface area (Å²) in [5, 5.41) is 15.7. The largest absolute Gasteiger partial charge is 0.312 e. The SMILES string of the molecule is C#CCSc1nnnn1CCNC1CC1. The Balaban J connectivity index is 1.78. The zero-order valence-corrected chi connectivity index (χ0v) is 9.20. The minimum atomic E-state index is 0.608. The Morgan fingerprint density at radius 2 is 2.47 bits per heavy atom. The van der Waals surface area contributed by atoms with Gasteiger partial charge in [-0.05, 0) is 23.3 Å². The Hall–Kier alpha value is -1.06. The van der Waals surface area contributed by atoms with Gasteiger partial charge in [-0.2, -0.15) is 0 Å². The summed E-state index contributed by atoms with van der Waals surface area (Å²) in [6.45, 7) is 1.72. The van der Waals surface area contributed by atoms with Crippen LogP contribution in [0.5, 0.6) is 0 Å². The molecule has 2 rings (SSSR count). The summed E-state index contributed by atoms with van der Waals surface area (Å²) >= 11 is 1.49. The first-order valence-electron chi connectivity index (χ1n) is 4.96. The van der Waals surface area contributed by atoms with Gasteiger partial charge < -0.3 is 5.32 Å². The lowest BCUT2D eigenvalue weighted by molar-refractivity contribution is 0.510. The highest BCUT2D eigenvalue weighted by Crippen LogP contribution is 2.18. The first-order valence-corrected chi connectivity index (χ1v) is 5.94. The first-order chi connectivity index (χ1) is 7.40. The van der Waals surface area contributed by atoms with Crippen LogP contribution in [0.1, 0.15) is 12.8 Å². The van der Waals surface area contributed by atoms with E-state index in [9.17, 15) is 0 Å². The van der Waals surface area contributed by atoms with Gasteiger partial charge in [0, 0.05) is 12.6 Å². The summed E-state index contributed by atoms with van der Waals surface area (Å²) in [7, 11) is 0. The summed E-state index contributed by atoms with van der Waals surface area (Å²) < 4.78 is 1.79. The Morgan fingerprint density at radius 1 is 1.60 bits per heavy atom. The van der Waals surface area contributed by atoms with E-state index >= 15 is 0 Å².